The Kier molecular flexibility index (Phi) is 9.70. The van der Waals surface area contributed by atoms with Gasteiger partial charge in [0, 0.05) is 6.42 Å². The molecule has 14 heteroatoms. The number of nitrogens with one attached hydrogen (secondary N) is 1. The van der Waals surface area contributed by atoms with E-state index in [-0.39, 0.29) is 41.9 Å². The van der Waals surface area contributed by atoms with Crippen LogP contribution in [-0.4, -0.2) is 79.2 Å². The first-order chi connectivity index (χ1) is 20.3. The molecule has 43 heavy (non-hydrogen) atoms. The zero-order valence-corrected chi connectivity index (χ0v) is 24.9. The minimum Gasteiger partial charge on any atom is -0.463 e. The summed E-state index contributed by atoms with van der Waals surface area (Å²) in [7, 11) is 0. The summed E-state index contributed by atoms with van der Waals surface area (Å²) in [6.07, 6.45) is 2.14. The molecule has 1 saturated carbocycles. The Morgan fingerprint density at radius 2 is 1.98 bits per heavy atom. The Bertz CT molecular complexity index is 1380. The smallest absolute Gasteiger partial charge is 0.323 e. The number of aliphatic hydroxyl groups excluding tert-OH is 1. The van der Waals surface area contributed by atoms with Gasteiger partial charge in [0.15, 0.2) is 11.9 Å². The van der Waals surface area contributed by atoms with E-state index < -0.39 is 53.4 Å². The zero-order valence-electron chi connectivity index (χ0n) is 24.9. The van der Waals surface area contributed by atoms with Crippen LogP contribution < -0.4 is 11.1 Å². The molecule has 234 valence electrons. The van der Waals surface area contributed by atoms with E-state index in [2.05, 4.69) is 15.4 Å². The molecular weight excluding hydrogens is 560 g/mol. The van der Waals surface area contributed by atoms with Gasteiger partial charge in [-0.2, -0.15) is 10.4 Å². The van der Waals surface area contributed by atoms with Crippen LogP contribution in [-0.2, 0) is 34.2 Å². The number of aromatic nitrogens is 3. The number of hydrogen-bond donors (Lipinski definition) is 4. The molecule has 0 unspecified atom stereocenters. The van der Waals surface area contributed by atoms with E-state index in [1.807, 2.05) is 6.07 Å². The molecule has 0 bridgehead atoms. The first kappa shape index (κ1) is 32.3. The number of carbonyl (C=O) groups is 3. The van der Waals surface area contributed by atoms with Crippen LogP contribution in [0.5, 0.6) is 0 Å². The second-order valence-electron chi connectivity index (χ2n) is 12.1. The molecule has 2 aliphatic rings. The lowest BCUT2D eigenvalue weighted by atomic mass is 9.87. The fourth-order valence-electron chi connectivity index (χ4n) is 5.36. The Morgan fingerprint density at radius 1 is 1.28 bits per heavy atom. The Labute approximate surface area is 249 Å². The summed E-state index contributed by atoms with van der Waals surface area (Å²) in [5, 5.41) is 38.7. The van der Waals surface area contributed by atoms with E-state index in [9.17, 15) is 29.9 Å². The van der Waals surface area contributed by atoms with Gasteiger partial charge in [-0.1, -0.05) is 33.1 Å². The number of nitrogens with zero attached hydrogens (tertiary/aromatic N) is 4. The second-order valence-corrected chi connectivity index (χ2v) is 12.1. The molecular formula is C29H40N6O8. The summed E-state index contributed by atoms with van der Waals surface area (Å²) in [5.41, 5.74) is 2.43. The van der Waals surface area contributed by atoms with Gasteiger partial charge in [-0.3, -0.25) is 14.4 Å². The van der Waals surface area contributed by atoms with Crippen LogP contribution >= 0.6 is 0 Å². The van der Waals surface area contributed by atoms with Crippen LogP contribution in [0.15, 0.2) is 18.5 Å². The van der Waals surface area contributed by atoms with Gasteiger partial charge in [0.05, 0.1) is 5.69 Å². The molecule has 1 aliphatic heterocycles. The minimum absolute atomic E-state index is 0.0352. The number of nitrogens with two attached hydrogens (primary N) is 1. The quantitative estimate of drug-likeness (QED) is 0.284. The molecule has 5 N–H and O–H groups in total. The summed E-state index contributed by atoms with van der Waals surface area (Å²) >= 11 is 0. The van der Waals surface area contributed by atoms with Crippen molar-refractivity contribution in [3.63, 3.8) is 0 Å². The Morgan fingerprint density at radius 3 is 2.60 bits per heavy atom. The Hall–Kier alpha value is -3.64. The van der Waals surface area contributed by atoms with Crippen molar-refractivity contribution in [3.8, 4) is 6.07 Å². The molecule has 1 saturated heterocycles. The van der Waals surface area contributed by atoms with Crippen molar-refractivity contribution in [1.82, 2.24) is 14.6 Å². The van der Waals surface area contributed by atoms with Crippen LogP contribution in [0.1, 0.15) is 71.9 Å². The fourth-order valence-corrected chi connectivity index (χ4v) is 5.36. The summed E-state index contributed by atoms with van der Waals surface area (Å²) in [5.74, 6) is -2.00. The number of rotatable bonds is 10. The number of hydrogen-bond acceptors (Lipinski definition) is 12. The van der Waals surface area contributed by atoms with Gasteiger partial charge < -0.3 is 35.5 Å². The topological polar surface area (TPSA) is 211 Å². The summed E-state index contributed by atoms with van der Waals surface area (Å²) < 4.78 is 18.5. The van der Waals surface area contributed by atoms with Gasteiger partial charge in [-0.25, -0.2) is 9.50 Å². The van der Waals surface area contributed by atoms with Crippen molar-refractivity contribution >= 4 is 29.2 Å². The summed E-state index contributed by atoms with van der Waals surface area (Å²) in [6, 6.07) is 3.94. The highest BCUT2D eigenvalue weighted by molar-refractivity contribution is 5.98. The number of fused-ring (bicyclic) bond motifs is 1. The van der Waals surface area contributed by atoms with Gasteiger partial charge in [0.2, 0.25) is 5.60 Å². The average molecular weight is 601 g/mol. The maximum Gasteiger partial charge on any atom is 0.323 e. The minimum atomic E-state index is -2.13. The standard InChI is InChI=1S/C29H40N6O8/c1-16(2)22(31)26(38)42-23-19(13-41-21(36)12-17-8-6-5-7-9-17)43-29(14-30,24(23)37)20-11-10-18-25(32-15-33-35(18)20)34-27(39)28(3,4)40/h10-11,15-17,19,22-24,37,40H,5-9,12-13,31H2,1-4H3,(H,32,33,34,39)/t19-,22+,23-,24-,29+/m1/s1. The normalized spacial score (nSPS) is 25.3. The number of nitriles is 1. The lowest BCUT2D eigenvalue weighted by molar-refractivity contribution is -0.162. The van der Waals surface area contributed by atoms with Crippen LogP contribution in [0.4, 0.5) is 5.82 Å². The average Bonchev–Trinajstić information content (AvgIpc) is 3.51. The van der Waals surface area contributed by atoms with Crippen LogP contribution in [0, 0.1) is 23.2 Å². The zero-order chi connectivity index (χ0) is 31.5. The van der Waals surface area contributed by atoms with Gasteiger partial charge in [-0.05, 0) is 50.7 Å². The molecule has 2 aromatic rings. The maximum atomic E-state index is 12.9. The van der Waals surface area contributed by atoms with Crippen molar-refractivity contribution in [3.05, 3.63) is 24.2 Å². The molecule has 0 spiro atoms. The van der Waals surface area contributed by atoms with Crippen LogP contribution in [0.2, 0.25) is 0 Å². The first-order valence-electron chi connectivity index (χ1n) is 14.5. The van der Waals surface area contributed by atoms with Crippen molar-refractivity contribution < 1.29 is 38.8 Å². The lowest BCUT2D eigenvalue weighted by Crippen LogP contribution is -2.46. The molecule has 4 rings (SSSR count). The number of carbonyl (C=O) groups excluding carboxylic acids is 3. The lowest BCUT2D eigenvalue weighted by Gasteiger charge is -2.25. The predicted octanol–water partition coefficient (Wildman–Crippen LogP) is 1.33. The third-order valence-corrected chi connectivity index (χ3v) is 8.05. The molecule has 0 radical (unpaired) electrons. The van der Waals surface area contributed by atoms with Crippen molar-refractivity contribution in [1.29, 1.82) is 5.26 Å². The maximum absolute atomic E-state index is 12.9. The van der Waals surface area contributed by atoms with Crippen molar-refractivity contribution in [2.75, 3.05) is 11.9 Å². The number of ether oxygens (including phenoxy) is 3. The SMILES string of the molecule is CC(C)[C@H](N)C(=O)O[C@H]1[C@@H](O)[C@](C#N)(c2ccc3c(NC(=O)C(C)(C)O)ncnn23)O[C@@H]1COC(=O)CC1CCCCC1. The van der Waals surface area contributed by atoms with E-state index in [4.69, 9.17) is 19.9 Å². The second kappa shape index (κ2) is 12.9. The third-order valence-electron chi connectivity index (χ3n) is 8.05. The van der Waals surface area contributed by atoms with Gasteiger partial charge in [0.25, 0.3) is 5.91 Å². The molecule has 1 amide bonds. The molecule has 2 aromatic heterocycles. The molecule has 5 atom stereocenters. The summed E-state index contributed by atoms with van der Waals surface area (Å²) in [6.45, 7) is 5.71. The van der Waals surface area contributed by atoms with Crippen molar-refractivity contribution in [2.45, 2.75) is 102 Å². The monoisotopic (exact) mass is 600 g/mol. The van der Waals surface area contributed by atoms with Crippen LogP contribution in [0.3, 0.4) is 0 Å². The van der Waals surface area contributed by atoms with Gasteiger partial charge in [0.1, 0.15) is 48.4 Å². The Balaban J connectivity index is 1.64. The largest absolute Gasteiger partial charge is 0.463 e. The fraction of sp³-hybridized carbons (Fsp3) is 0.655. The van der Waals surface area contributed by atoms with E-state index in [1.165, 1.54) is 30.5 Å². The number of esters is 2. The van der Waals surface area contributed by atoms with Crippen LogP contribution in [0.25, 0.3) is 5.52 Å². The van der Waals surface area contributed by atoms with E-state index in [0.717, 1.165) is 38.4 Å². The molecule has 14 nitrogen and oxygen atoms in total. The van der Waals surface area contributed by atoms with E-state index in [0.29, 0.717) is 0 Å². The molecule has 3 heterocycles. The number of anilines is 1. The van der Waals surface area contributed by atoms with Gasteiger partial charge in [-0.15, -0.1) is 0 Å². The predicted molar refractivity (Wildman–Crippen MR) is 151 cm³/mol. The highest BCUT2D eigenvalue weighted by Crippen LogP contribution is 2.42. The highest BCUT2D eigenvalue weighted by atomic mass is 16.6. The van der Waals surface area contributed by atoms with Crippen molar-refractivity contribution in [2.24, 2.45) is 17.6 Å². The van der Waals surface area contributed by atoms with E-state index >= 15 is 0 Å². The molecule has 0 aromatic carbocycles. The third kappa shape index (κ3) is 6.80. The first-order valence-corrected chi connectivity index (χ1v) is 14.5. The number of amides is 1. The van der Waals surface area contributed by atoms with Gasteiger partial charge >= 0.3 is 11.9 Å². The summed E-state index contributed by atoms with van der Waals surface area (Å²) in [4.78, 5) is 42.0. The highest BCUT2D eigenvalue weighted by Gasteiger charge is 2.60. The molecule has 2 fully saturated rings. The number of aliphatic hydroxyl groups is 2. The molecule has 1 aliphatic carbocycles. The van der Waals surface area contributed by atoms with E-state index in [1.54, 1.807) is 13.8 Å².